The first kappa shape index (κ1) is 20.7. The van der Waals surface area contributed by atoms with E-state index in [-0.39, 0.29) is 30.7 Å². The molecule has 0 radical (unpaired) electrons. The number of carbonyl (C=O) groups is 2. The average molecular weight is 378 g/mol. The molecule has 0 bridgehead atoms. The number of rotatable bonds is 8. The molecule has 0 spiro atoms. The van der Waals surface area contributed by atoms with Crippen molar-refractivity contribution in [1.82, 2.24) is 4.90 Å². The van der Waals surface area contributed by atoms with Crippen LogP contribution in [0.25, 0.3) is 0 Å². The lowest BCUT2D eigenvalue weighted by molar-refractivity contribution is -0.153. The molecule has 1 aromatic carbocycles. The van der Waals surface area contributed by atoms with Crippen molar-refractivity contribution in [1.29, 1.82) is 0 Å². The molecule has 2 rings (SSSR count). The van der Waals surface area contributed by atoms with E-state index < -0.39 is 17.8 Å². The number of anilines is 1. The van der Waals surface area contributed by atoms with E-state index >= 15 is 0 Å². The first-order valence-electron chi connectivity index (χ1n) is 9.06. The van der Waals surface area contributed by atoms with Crippen LogP contribution in [0, 0.1) is 11.7 Å². The minimum atomic E-state index is -0.687. The van der Waals surface area contributed by atoms with Gasteiger partial charge in [-0.25, -0.2) is 9.18 Å². The molecule has 0 N–H and O–H groups in total. The van der Waals surface area contributed by atoms with Crippen LogP contribution in [0.15, 0.2) is 30.0 Å². The predicted molar refractivity (Wildman–Crippen MR) is 101 cm³/mol. The summed E-state index contributed by atoms with van der Waals surface area (Å²) in [5.74, 6) is -0.737. The Morgan fingerprint density at radius 2 is 2.04 bits per heavy atom. The number of amides is 1. The standard InChI is InChI=1S/C20H27FN2O4/c1-6-26-20(25)16(10-13(2)3)23-12-14(11-18(23)24)27-17-9-7-8-15(19(17)21)22(4)5/h7-9,11,13,16H,6,10,12H2,1-5H3/t16-/m0/s1. The number of carbonyl (C=O) groups excluding carboxylic acids is 2. The van der Waals surface area contributed by atoms with E-state index in [1.807, 2.05) is 13.8 Å². The third-order valence-electron chi connectivity index (χ3n) is 4.19. The van der Waals surface area contributed by atoms with Crippen LogP contribution >= 0.6 is 0 Å². The van der Waals surface area contributed by atoms with E-state index in [9.17, 15) is 14.0 Å². The van der Waals surface area contributed by atoms with Crippen LogP contribution in [0.3, 0.4) is 0 Å². The topological polar surface area (TPSA) is 59.1 Å². The molecular weight excluding hydrogens is 351 g/mol. The van der Waals surface area contributed by atoms with Crippen LogP contribution in [0.1, 0.15) is 27.2 Å². The van der Waals surface area contributed by atoms with Gasteiger partial charge in [0.2, 0.25) is 0 Å². The molecule has 0 saturated carbocycles. The zero-order chi connectivity index (χ0) is 20.1. The van der Waals surface area contributed by atoms with Crippen molar-refractivity contribution in [3.05, 3.63) is 35.9 Å². The zero-order valence-electron chi connectivity index (χ0n) is 16.5. The second kappa shape index (κ2) is 8.88. The normalized spacial score (nSPS) is 15.0. The minimum absolute atomic E-state index is 0.0404. The Labute approximate surface area is 159 Å². The molecule has 27 heavy (non-hydrogen) atoms. The molecular formula is C20H27FN2O4. The lowest BCUT2D eigenvalue weighted by Crippen LogP contribution is -2.44. The van der Waals surface area contributed by atoms with Gasteiger partial charge >= 0.3 is 5.97 Å². The minimum Gasteiger partial charge on any atom is -0.464 e. The van der Waals surface area contributed by atoms with Gasteiger partial charge in [-0.15, -0.1) is 0 Å². The van der Waals surface area contributed by atoms with Gasteiger partial charge in [-0.1, -0.05) is 19.9 Å². The van der Waals surface area contributed by atoms with Crippen LogP contribution < -0.4 is 9.64 Å². The molecule has 0 aromatic heterocycles. The Kier molecular flexibility index (Phi) is 6.82. The maximum Gasteiger partial charge on any atom is 0.328 e. The molecule has 0 unspecified atom stereocenters. The molecule has 7 heteroatoms. The van der Waals surface area contributed by atoms with Gasteiger partial charge in [0.05, 0.1) is 18.8 Å². The second-order valence-electron chi connectivity index (χ2n) is 7.06. The second-order valence-corrected chi connectivity index (χ2v) is 7.06. The molecule has 6 nitrogen and oxygen atoms in total. The summed E-state index contributed by atoms with van der Waals surface area (Å²) >= 11 is 0. The summed E-state index contributed by atoms with van der Waals surface area (Å²) < 4.78 is 25.3. The molecule has 1 atom stereocenters. The van der Waals surface area contributed by atoms with E-state index in [4.69, 9.17) is 9.47 Å². The summed E-state index contributed by atoms with van der Waals surface area (Å²) in [7, 11) is 3.47. The number of hydrogen-bond acceptors (Lipinski definition) is 5. The molecule has 1 heterocycles. The van der Waals surface area contributed by atoms with Crippen molar-refractivity contribution in [2.75, 3.05) is 32.1 Å². The van der Waals surface area contributed by atoms with Gasteiger partial charge in [0.1, 0.15) is 11.8 Å². The first-order valence-corrected chi connectivity index (χ1v) is 9.06. The lowest BCUT2D eigenvalue weighted by Gasteiger charge is -2.27. The fourth-order valence-electron chi connectivity index (χ4n) is 2.94. The Bertz CT molecular complexity index is 731. The van der Waals surface area contributed by atoms with E-state index in [1.54, 1.807) is 38.1 Å². The summed E-state index contributed by atoms with van der Waals surface area (Å²) in [5, 5.41) is 0. The molecule has 1 aromatic rings. The van der Waals surface area contributed by atoms with Crippen molar-refractivity contribution >= 4 is 17.6 Å². The van der Waals surface area contributed by atoms with Gasteiger partial charge in [0.25, 0.3) is 5.91 Å². The highest BCUT2D eigenvalue weighted by Crippen LogP contribution is 2.29. The van der Waals surface area contributed by atoms with Crippen molar-refractivity contribution in [2.24, 2.45) is 5.92 Å². The Balaban J connectivity index is 2.17. The Morgan fingerprint density at radius 1 is 1.33 bits per heavy atom. The largest absolute Gasteiger partial charge is 0.464 e. The highest BCUT2D eigenvalue weighted by molar-refractivity contribution is 5.94. The maximum absolute atomic E-state index is 14.6. The molecule has 0 saturated heterocycles. The lowest BCUT2D eigenvalue weighted by atomic mass is 10.0. The zero-order valence-corrected chi connectivity index (χ0v) is 16.5. The number of nitrogens with zero attached hydrogens (tertiary/aromatic N) is 2. The van der Waals surface area contributed by atoms with E-state index in [0.717, 1.165) is 0 Å². The van der Waals surface area contributed by atoms with Gasteiger partial charge in [-0.3, -0.25) is 4.79 Å². The number of benzene rings is 1. The first-order chi connectivity index (χ1) is 12.7. The van der Waals surface area contributed by atoms with Crippen LogP contribution in [0.5, 0.6) is 5.75 Å². The van der Waals surface area contributed by atoms with E-state index in [1.165, 1.54) is 17.0 Å². The highest BCUT2D eigenvalue weighted by atomic mass is 19.1. The molecule has 1 aliphatic heterocycles. The highest BCUT2D eigenvalue weighted by Gasteiger charge is 2.35. The quantitative estimate of drug-likeness (QED) is 0.651. The fourth-order valence-corrected chi connectivity index (χ4v) is 2.94. The third-order valence-corrected chi connectivity index (χ3v) is 4.19. The summed E-state index contributed by atoms with van der Waals surface area (Å²) in [5.41, 5.74) is 0.387. The predicted octanol–water partition coefficient (Wildman–Crippen LogP) is 2.97. The Morgan fingerprint density at radius 3 is 2.63 bits per heavy atom. The van der Waals surface area contributed by atoms with Crippen LogP contribution in [0.4, 0.5) is 10.1 Å². The number of esters is 1. The average Bonchev–Trinajstić information content (AvgIpc) is 2.94. The van der Waals surface area contributed by atoms with E-state index in [0.29, 0.717) is 17.9 Å². The monoisotopic (exact) mass is 378 g/mol. The van der Waals surface area contributed by atoms with Gasteiger partial charge in [-0.05, 0) is 31.4 Å². The number of ether oxygens (including phenoxy) is 2. The van der Waals surface area contributed by atoms with Crippen LogP contribution in [-0.4, -0.2) is 50.1 Å². The summed E-state index contributed by atoms with van der Waals surface area (Å²) in [6.07, 6.45) is 1.78. The molecule has 0 aliphatic carbocycles. The molecule has 1 amide bonds. The molecule has 148 valence electrons. The summed E-state index contributed by atoms with van der Waals surface area (Å²) in [6, 6.07) is 4.14. The van der Waals surface area contributed by atoms with E-state index in [2.05, 4.69) is 0 Å². The van der Waals surface area contributed by atoms with Crippen molar-refractivity contribution in [3.8, 4) is 5.75 Å². The maximum atomic E-state index is 14.6. The van der Waals surface area contributed by atoms with Gasteiger partial charge in [0, 0.05) is 20.2 Å². The smallest absolute Gasteiger partial charge is 0.328 e. The van der Waals surface area contributed by atoms with Gasteiger partial charge < -0.3 is 19.3 Å². The van der Waals surface area contributed by atoms with Crippen molar-refractivity contribution in [3.63, 3.8) is 0 Å². The number of halogens is 1. The molecule has 1 aliphatic rings. The Hall–Kier alpha value is -2.57. The summed E-state index contributed by atoms with van der Waals surface area (Å²) in [6.45, 7) is 6.01. The van der Waals surface area contributed by atoms with Crippen molar-refractivity contribution < 1.29 is 23.5 Å². The molecule has 0 fully saturated rings. The van der Waals surface area contributed by atoms with Crippen molar-refractivity contribution in [2.45, 2.75) is 33.2 Å². The number of hydrogen-bond donors (Lipinski definition) is 0. The van der Waals surface area contributed by atoms with Crippen LogP contribution in [-0.2, 0) is 14.3 Å². The SMILES string of the molecule is CCOC(=O)[C@H](CC(C)C)N1CC(Oc2cccc(N(C)C)c2F)=CC1=O. The van der Waals surface area contributed by atoms with Gasteiger partial charge in [-0.2, -0.15) is 0 Å². The summed E-state index contributed by atoms with van der Waals surface area (Å²) in [4.78, 5) is 27.8. The third kappa shape index (κ3) is 4.99. The fraction of sp³-hybridized carbons (Fsp3) is 0.500. The van der Waals surface area contributed by atoms with Gasteiger partial charge in [0.15, 0.2) is 11.6 Å². The van der Waals surface area contributed by atoms with Crippen LogP contribution in [0.2, 0.25) is 0 Å².